The van der Waals surface area contributed by atoms with Crippen molar-refractivity contribution in [3.8, 4) is 0 Å². The van der Waals surface area contributed by atoms with Gasteiger partial charge in [0.05, 0.1) is 12.0 Å². The van der Waals surface area contributed by atoms with Crippen LogP contribution in [0.2, 0.25) is 0 Å². The van der Waals surface area contributed by atoms with Crippen molar-refractivity contribution < 1.29 is 4.42 Å². The Labute approximate surface area is 117 Å². The zero-order valence-corrected chi connectivity index (χ0v) is 11.4. The lowest BCUT2D eigenvalue weighted by atomic mass is 10.4. The first-order valence-electron chi connectivity index (χ1n) is 5.76. The molecule has 0 fully saturated rings. The minimum Gasteiger partial charge on any atom is -0.467 e. The number of furan rings is 1. The van der Waals surface area contributed by atoms with Gasteiger partial charge in [-0.15, -0.1) is 5.10 Å². The third kappa shape index (κ3) is 2.64. The number of H-pyrrole nitrogens is 1. The molecule has 0 saturated heterocycles. The fourth-order valence-corrected chi connectivity index (χ4v) is 2.34. The summed E-state index contributed by atoms with van der Waals surface area (Å²) in [6.45, 7) is 0.459. The molecule has 10 heteroatoms. The molecule has 0 spiro atoms. The van der Waals surface area contributed by atoms with E-state index in [0.717, 1.165) is 5.76 Å². The van der Waals surface area contributed by atoms with Crippen molar-refractivity contribution in [2.75, 3.05) is 0 Å². The zero-order chi connectivity index (χ0) is 13.9. The first kappa shape index (κ1) is 12.7. The molecule has 104 valence electrons. The van der Waals surface area contributed by atoms with Crippen LogP contribution in [0, 0.1) is 0 Å². The van der Waals surface area contributed by atoms with E-state index in [1.165, 1.54) is 16.4 Å². The highest BCUT2D eigenvalue weighted by Gasteiger charge is 2.10. The Morgan fingerprint density at radius 3 is 3.10 bits per heavy atom. The normalized spacial score (nSPS) is 11.1. The van der Waals surface area contributed by atoms with Gasteiger partial charge in [0.25, 0.3) is 0 Å². The van der Waals surface area contributed by atoms with Crippen molar-refractivity contribution in [2.45, 2.75) is 17.5 Å². The molecule has 0 atom stereocenters. The fraction of sp³-hybridized carbons (Fsp3) is 0.300. The van der Waals surface area contributed by atoms with Crippen LogP contribution in [0.15, 0.2) is 32.8 Å². The number of hydrogen-bond donors (Lipinski definition) is 1. The summed E-state index contributed by atoms with van der Waals surface area (Å²) >= 11 is 1.39. The fourth-order valence-electron chi connectivity index (χ4n) is 1.60. The average molecular weight is 293 g/mol. The van der Waals surface area contributed by atoms with E-state index in [4.69, 9.17) is 4.42 Å². The smallest absolute Gasteiger partial charge is 0.343 e. The molecule has 9 nitrogen and oxygen atoms in total. The van der Waals surface area contributed by atoms with Gasteiger partial charge in [-0.05, 0) is 22.6 Å². The van der Waals surface area contributed by atoms with Crippen LogP contribution in [0.1, 0.15) is 11.6 Å². The summed E-state index contributed by atoms with van der Waals surface area (Å²) in [6, 6.07) is 3.66. The van der Waals surface area contributed by atoms with Gasteiger partial charge in [-0.25, -0.2) is 14.2 Å². The Hall–Kier alpha value is -2.36. The second-order valence-electron chi connectivity index (χ2n) is 3.99. The summed E-state index contributed by atoms with van der Waals surface area (Å²) in [5.41, 5.74) is -0.240. The molecule has 3 aromatic rings. The zero-order valence-electron chi connectivity index (χ0n) is 10.6. The van der Waals surface area contributed by atoms with Gasteiger partial charge < -0.3 is 4.42 Å². The van der Waals surface area contributed by atoms with Gasteiger partial charge >= 0.3 is 5.69 Å². The van der Waals surface area contributed by atoms with E-state index in [1.807, 2.05) is 12.1 Å². The van der Waals surface area contributed by atoms with Gasteiger partial charge in [0.2, 0.25) is 5.16 Å². The molecule has 0 aliphatic rings. The molecular formula is C10H11N7O2S. The second kappa shape index (κ2) is 5.33. The molecule has 0 aliphatic carbocycles. The molecule has 0 aromatic carbocycles. The predicted octanol–water partition coefficient (Wildman–Crippen LogP) is 0.0285. The van der Waals surface area contributed by atoms with Crippen molar-refractivity contribution in [3.05, 3.63) is 40.5 Å². The Balaban J connectivity index is 1.69. The Bertz CT molecular complexity index is 742. The van der Waals surface area contributed by atoms with Crippen molar-refractivity contribution in [1.29, 1.82) is 0 Å². The van der Waals surface area contributed by atoms with Crippen LogP contribution in [0.25, 0.3) is 0 Å². The molecule has 0 bridgehead atoms. The van der Waals surface area contributed by atoms with Gasteiger partial charge in [0.1, 0.15) is 18.1 Å². The van der Waals surface area contributed by atoms with Gasteiger partial charge in [-0.3, -0.25) is 4.98 Å². The topological polar surface area (TPSA) is 107 Å². The van der Waals surface area contributed by atoms with E-state index in [9.17, 15) is 4.79 Å². The van der Waals surface area contributed by atoms with Crippen LogP contribution < -0.4 is 5.69 Å². The number of tetrazole rings is 1. The summed E-state index contributed by atoms with van der Waals surface area (Å²) in [6.07, 6.45) is 1.60. The number of aromatic amines is 1. The molecule has 1 N–H and O–H groups in total. The van der Waals surface area contributed by atoms with Gasteiger partial charge in [-0.1, -0.05) is 11.8 Å². The first-order valence-corrected chi connectivity index (χ1v) is 6.74. The molecule has 0 radical (unpaired) electrons. The number of rotatable bonds is 5. The lowest BCUT2D eigenvalue weighted by molar-refractivity contribution is 0.462. The number of aromatic nitrogens is 7. The van der Waals surface area contributed by atoms with Gasteiger partial charge in [-0.2, -0.15) is 5.10 Å². The number of thioether (sulfide) groups is 1. The third-order valence-corrected chi connectivity index (χ3v) is 3.51. The van der Waals surface area contributed by atoms with Crippen LogP contribution in [-0.4, -0.2) is 35.0 Å². The highest BCUT2D eigenvalue weighted by Crippen LogP contribution is 2.18. The maximum atomic E-state index is 11.3. The Kier molecular flexibility index (Phi) is 3.37. The Morgan fingerprint density at radius 2 is 2.40 bits per heavy atom. The summed E-state index contributed by atoms with van der Waals surface area (Å²) in [5.74, 6) is 1.83. The monoisotopic (exact) mass is 293 g/mol. The van der Waals surface area contributed by atoms with Crippen molar-refractivity contribution >= 4 is 11.8 Å². The molecule has 3 heterocycles. The first-order chi connectivity index (χ1) is 9.72. The van der Waals surface area contributed by atoms with E-state index < -0.39 is 0 Å². The van der Waals surface area contributed by atoms with Crippen LogP contribution in [0.3, 0.4) is 0 Å². The molecule has 20 heavy (non-hydrogen) atoms. The molecule has 0 amide bonds. The van der Waals surface area contributed by atoms with E-state index in [1.54, 1.807) is 18.0 Å². The number of hydrogen-bond acceptors (Lipinski definition) is 7. The van der Waals surface area contributed by atoms with Crippen LogP contribution in [-0.2, 0) is 19.3 Å². The SMILES string of the molecule is Cn1nc(CSc2nnnn2Cc2ccco2)[nH]c1=O. The van der Waals surface area contributed by atoms with Crippen molar-refractivity contribution in [1.82, 2.24) is 35.0 Å². The Morgan fingerprint density at radius 1 is 1.50 bits per heavy atom. The van der Waals surface area contributed by atoms with E-state index in [2.05, 4.69) is 25.6 Å². The van der Waals surface area contributed by atoms with Crippen molar-refractivity contribution in [3.63, 3.8) is 0 Å². The number of aryl methyl sites for hydroxylation is 1. The third-order valence-electron chi connectivity index (χ3n) is 2.54. The lowest BCUT2D eigenvalue weighted by Crippen LogP contribution is -2.13. The summed E-state index contributed by atoms with van der Waals surface area (Å²) < 4.78 is 8.14. The summed E-state index contributed by atoms with van der Waals surface area (Å²) in [4.78, 5) is 13.9. The van der Waals surface area contributed by atoms with E-state index in [-0.39, 0.29) is 5.69 Å². The highest BCUT2D eigenvalue weighted by molar-refractivity contribution is 7.98. The maximum Gasteiger partial charge on any atom is 0.343 e. The molecular weight excluding hydrogens is 282 g/mol. The van der Waals surface area contributed by atoms with Crippen LogP contribution in [0.5, 0.6) is 0 Å². The minimum atomic E-state index is -0.240. The highest BCUT2D eigenvalue weighted by atomic mass is 32.2. The number of nitrogens with zero attached hydrogens (tertiary/aromatic N) is 6. The standard InChI is InChI=1S/C10H11N7O2S/c1-16-9(18)11-8(13-16)6-20-10-12-14-15-17(10)5-7-3-2-4-19-7/h2-4H,5-6H2,1H3,(H,11,13,18). The molecule has 3 rings (SSSR count). The maximum absolute atomic E-state index is 11.3. The average Bonchev–Trinajstić information content (AvgIpc) is 3.13. The van der Waals surface area contributed by atoms with Crippen LogP contribution >= 0.6 is 11.8 Å². The largest absolute Gasteiger partial charge is 0.467 e. The minimum absolute atomic E-state index is 0.240. The number of nitrogens with one attached hydrogen (secondary N) is 1. The quantitative estimate of drug-likeness (QED) is 0.661. The van der Waals surface area contributed by atoms with Gasteiger partial charge in [0, 0.05) is 7.05 Å². The van der Waals surface area contributed by atoms with Gasteiger partial charge in [0.15, 0.2) is 0 Å². The van der Waals surface area contributed by atoms with Crippen molar-refractivity contribution in [2.24, 2.45) is 7.05 Å². The molecule has 0 aliphatic heterocycles. The van der Waals surface area contributed by atoms with Crippen LogP contribution in [0.4, 0.5) is 0 Å². The summed E-state index contributed by atoms with van der Waals surface area (Å²) in [7, 11) is 1.59. The van der Waals surface area contributed by atoms with E-state index >= 15 is 0 Å². The second-order valence-corrected chi connectivity index (χ2v) is 4.93. The summed E-state index contributed by atoms with van der Waals surface area (Å²) in [5, 5.41) is 16.2. The molecule has 3 aromatic heterocycles. The predicted molar refractivity (Wildman–Crippen MR) is 69.0 cm³/mol. The lowest BCUT2D eigenvalue weighted by Gasteiger charge is -2.00. The molecule has 0 saturated carbocycles. The van der Waals surface area contributed by atoms with E-state index in [0.29, 0.717) is 23.3 Å². The molecule has 0 unspecified atom stereocenters.